The van der Waals surface area contributed by atoms with Crippen molar-refractivity contribution in [2.75, 3.05) is 19.8 Å². The van der Waals surface area contributed by atoms with E-state index in [0.29, 0.717) is 19.6 Å². The molecule has 1 atom stereocenters. The maximum atomic E-state index is 12.4. The molecule has 0 spiro atoms. The van der Waals surface area contributed by atoms with Crippen LogP contribution in [0.5, 0.6) is 0 Å². The maximum absolute atomic E-state index is 12.4. The monoisotopic (exact) mass is 294 g/mol. The van der Waals surface area contributed by atoms with Crippen molar-refractivity contribution in [3.05, 3.63) is 29.2 Å². The van der Waals surface area contributed by atoms with Crippen LogP contribution in [-0.4, -0.2) is 35.5 Å². The number of amides is 1. The van der Waals surface area contributed by atoms with Crippen LogP contribution in [-0.2, 0) is 9.53 Å². The first-order chi connectivity index (χ1) is 9.83. The minimum Gasteiger partial charge on any atom is -0.377 e. The van der Waals surface area contributed by atoms with Crippen LogP contribution >= 0.6 is 11.3 Å². The average molecular weight is 294 g/mol. The molecule has 20 heavy (non-hydrogen) atoms. The number of carbonyl (C=O) groups is 1. The van der Waals surface area contributed by atoms with Gasteiger partial charge in [0.25, 0.3) is 0 Å². The maximum Gasteiger partial charge on any atom is 0.223 e. The number of nitrogens with zero attached hydrogens (tertiary/aromatic N) is 2. The number of hydrogen-bond acceptors (Lipinski definition) is 4. The molecule has 0 bridgehead atoms. The average Bonchev–Trinajstić information content (AvgIpc) is 3.01. The Hall–Kier alpha value is -1.20. The second kappa shape index (κ2) is 8.17. The SMILES string of the molecule is C=CCOCCCC(=O)N1CCCC[C@@H]1c1nccs1. The number of rotatable bonds is 7. The molecule has 1 aliphatic rings. The normalized spacial score (nSPS) is 19.0. The Labute approximate surface area is 124 Å². The summed E-state index contributed by atoms with van der Waals surface area (Å²) in [5.41, 5.74) is 0. The third kappa shape index (κ3) is 4.15. The lowest BCUT2D eigenvalue weighted by Gasteiger charge is -2.34. The van der Waals surface area contributed by atoms with Gasteiger partial charge in [0.1, 0.15) is 5.01 Å². The second-order valence-electron chi connectivity index (χ2n) is 4.94. The first kappa shape index (κ1) is 15.2. The van der Waals surface area contributed by atoms with Crippen molar-refractivity contribution in [2.45, 2.75) is 38.1 Å². The Kier molecular flexibility index (Phi) is 6.21. The van der Waals surface area contributed by atoms with Gasteiger partial charge in [-0.05, 0) is 25.7 Å². The molecule has 1 fully saturated rings. The van der Waals surface area contributed by atoms with Gasteiger partial charge in [-0.3, -0.25) is 4.79 Å². The van der Waals surface area contributed by atoms with Gasteiger partial charge in [-0.1, -0.05) is 6.08 Å². The van der Waals surface area contributed by atoms with Crippen molar-refractivity contribution in [1.82, 2.24) is 9.88 Å². The lowest BCUT2D eigenvalue weighted by molar-refractivity contribution is -0.135. The van der Waals surface area contributed by atoms with Crippen LogP contribution in [0.2, 0.25) is 0 Å². The van der Waals surface area contributed by atoms with Crippen LogP contribution in [0.25, 0.3) is 0 Å². The summed E-state index contributed by atoms with van der Waals surface area (Å²) in [6.07, 6.45) is 8.18. The van der Waals surface area contributed by atoms with E-state index in [1.54, 1.807) is 17.4 Å². The lowest BCUT2D eigenvalue weighted by Crippen LogP contribution is -2.38. The molecule has 0 saturated carbocycles. The van der Waals surface area contributed by atoms with Crippen LogP contribution in [0.15, 0.2) is 24.2 Å². The zero-order valence-corrected chi connectivity index (χ0v) is 12.6. The molecule has 1 aliphatic heterocycles. The van der Waals surface area contributed by atoms with Crippen LogP contribution in [0.4, 0.5) is 0 Å². The third-order valence-corrected chi connectivity index (χ3v) is 4.35. The lowest BCUT2D eigenvalue weighted by atomic mass is 10.0. The zero-order chi connectivity index (χ0) is 14.2. The van der Waals surface area contributed by atoms with E-state index in [-0.39, 0.29) is 11.9 Å². The van der Waals surface area contributed by atoms with Crippen molar-refractivity contribution in [2.24, 2.45) is 0 Å². The molecule has 2 rings (SSSR count). The van der Waals surface area contributed by atoms with E-state index < -0.39 is 0 Å². The van der Waals surface area contributed by atoms with Crippen LogP contribution in [0, 0.1) is 0 Å². The van der Waals surface area contributed by atoms with E-state index in [1.165, 1.54) is 6.42 Å². The minimum absolute atomic E-state index is 0.186. The highest BCUT2D eigenvalue weighted by Gasteiger charge is 2.28. The van der Waals surface area contributed by atoms with E-state index in [4.69, 9.17) is 4.74 Å². The van der Waals surface area contributed by atoms with Gasteiger partial charge in [-0.2, -0.15) is 0 Å². The summed E-state index contributed by atoms with van der Waals surface area (Å²) in [6.45, 7) is 5.63. The Morgan fingerprint density at radius 3 is 3.25 bits per heavy atom. The number of likely N-dealkylation sites (tertiary alicyclic amines) is 1. The van der Waals surface area contributed by atoms with Crippen molar-refractivity contribution >= 4 is 17.2 Å². The van der Waals surface area contributed by atoms with Crippen LogP contribution in [0.1, 0.15) is 43.2 Å². The quantitative estimate of drug-likeness (QED) is 0.573. The fourth-order valence-corrected chi connectivity index (χ4v) is 3.31. The van der Waals surface area contributed by atoms with Crippen LogP contribution < -0.4 is 0 Å². The van der Waals surface area contributed by atoms with Gasteiger partial charge in [0.15, 0.2) is 0 Å². The Balaban J connectivity index is 1.84. The summed E-state index contributed by atoms with van der Waals surface area (Å²) < 4.78 is 5.32. The minimum atomic E-state index is 0.186. The molecule has 4 nitrogen and oxygen atoms in total. The standard InChI is InChI=1S/C15H22N2O2S/c1-2-10-19-11-5-7-14(18)17-9-4-3-6-13(17)15-16-8-12-20-15/h2,8,12-13H,1,3-7,9-11H2/t13-/m1/s1. The van der Waals surface area contributed by atoms with E-state index >= 15 is 0 Å². The fourth-order valence-electron chi connectivity index (χ4n) is 2.52. The van der Waals surface area contributed by atoms with Gasteiger partial charge in [0, 0.05) is 31.1 Å². The number of hydrogen-bond donors (Lipinski definition) is 0. The molecule has 1 aromatic heterocycles. The van der Waals surface area contributed by atoms with E-state index in [0.717, 1.165) is 30.8 Å². The van der Waals surface area contributed by atoms with Gasteiger partial charge in [0.05, 0.1) is 12.6 Å². The molecule has 110 valence electrons. The number of carbonyl (C=O) groups excluding carboxylic acids is 1. The molecule has 0 unspecified atom stereocenters. The van der Waals surface area contributed by atoms with Gasteiger partial charge >= 0.3 is 0 Å². The fraction of sp³-hybridized carbons (Fsp3) is 0.600. The first-order valence-corrected chi connectivity index (χ1v) is 8.08. The summed E-state index contributed by atoms with van der Waals surface area (Å²) >= 11 is 1.64. The molecule has 1 amide bonds. The summed E-state index contributed by atoms with van der Waals surface area (Å²) in [6, 6.07) is 0.186. The van der Waals surface area contributed by atoms with Gasteiger partial charge in [-0.25, -0.2) is 4.98 Å². The molecule has 1 saturated heterocycles. The van der Waals surface area contributed by atoms with Crippen molar-refractivity contribution in [3.8, 4) is 0 Å². The smallest absolute Gasteiger partial charge is 0.223 e. The van der Waals surface area contributed by atoms with E-state index in [9.17, 15) is 4.79 Å². The predicted octanol–water partition coefficient (Wildman–Crippen LogP) is 3.18. The van der Waals surface area contributed by atoms with Gasteiger partial charge < -0.3 is 9.64 Å². The molecule has 1 aromatic rings. The van der Waals surface area contributed by atoms with Gasteiger partial charge in [-0.15, -0.1) is 17.9 Å². The number of ether oxygens (including phenoxy) is 1. The highest BCUT2D eigenvalue weighted by Crippen LogP contribution is 2.32. The number of aromatic nitrogens is 1. The van der Waals surface area contributed by atoms with E-state index in [1.807, 2.05) is 16.5 Å². The molecule has 0 aromatic carbocycles. The Morgan fingerprint density at radius 1 is 1.60 bits per heavy atom. The highest BCUT2D eigenvalue weighted by atomic mass is 32.1. The van der Waals surface area contributed by atoms with Crippen LogP contribution in [0.3, 0.4) is 0 Å². The number of thiazole rings is 1. The van der Waals surface area contributed by atoms with Gasteiger partial charge in [0.2, 0.25) is 5.91 Å². The first-order valence-electron chi connectivity index (χ1n) is 7.20. The molecule has 0 radical (unpaired) electrons. The predicted molar refractivity (Wildman–Crippen MR) is 80.7 cm³/mol. The van der Waals surface area contributed by atoms with Crippen molar-refractivity contribution in [3.63, 3.8) is 0 Å². The molecule has 2 heterocycles. The Morgan fingerprint density at radius 2 is 2.50 bits per heavy atom. The zero-order valence-electron chi connectivity index (χ0n) is 11.8. The summed E-state index contributed by atoms with van der Waals surface area (Å²) in [5.74, 6) is 0.229. The molecule has 5 heteroatoms. The summed E-state index contributed by atoms with van der Waals surface area (Å²) in [7, 11) is 0. The second-order valence-corrected chi connectivity index (χ2v) is 5.86. The molecular formula is C15H22N2O2S. The summed E-state index contributed by atoms with van der Waals surface area (Å²) in [4.78, 5) is 18.8. The third-order valence-electron chi connectivity index (χ3n) is 3.47. The Bertz CT molecular complexity index is 420. The van der Waals surface area contributed by atoms with Crippen molar-refractivity contribution < 1.29 is 9.53 Å². The number of piperidine rings is 1. The highest BCUT2D eigenvalue weighted by molar-refractivity contribution is 7.09. The molecule has 0 aliphatic carbocycles. The van der Waals surface area contributed by atoms with E-state index in [2.05, 4.69) is 11.6 Å². The van der Waals surface area contributed by atoms with Crippen molar-refractivity contribution in [1.29, 1.82) is 0 Å². The molecule has 0 N–H and O–H groups in total. The molecular weight excluding hydrogens is 272 g/mol. The largest absolute Gasteiger partial charge is 0.377 e. The summed E-state index contributed by atoms with van der Waals surface area (Å²) in [5, 5.41) is 3.05. The topological polar surface area (TPSA) is 42.4 Å².